The smallest absolute Gasteiger partial charge is 0.135 e. The van der Waals surface area contributed by atoms with Gasteiger partial charge in [-0.1, -0.05) is 12.1 Å². The second-order valence-electron chi connectivity index (χ2n) is 6.81. The molecule has 0 aliphatic carbocycles. The quantitative estimate of drug-likeness (QED) is 0.877. The summed E-state index contributed by atoms with van der Waals surface area (Å²) < 4.78 is 0. The van der Waals surface area contributed by atoms with Crippen molar-refractivity contribution >= 4 is 11.5 Å². The molecule has 2 aliphatic rings. The maximum atomic E-state index is 4.99. The summed E-state index contributed by atoms with van der Waals surface area (Å²) in [7, 11) is 0. The second kappa shape index (κ2) is 4.32. The molecule has 0 fully saturated rings. The Morgan fingerprint density at radius 2 is 1.77 bits per heavy atom. The molecule has 0 saturated heterocycles. The average Bonchev–Trinajstić information content (AvgIpc) is 2.85. The van der Waals surface area contributed by atoms with E-state index in [1.807, 2.05) is 12.4 Å². The summed E-state index contributed by atoms with van der Waals surface area (Å²) in [5.74, 6) is 1.08. The number of nitrogens with one attached hydrogen (secondary N) is 1. The van der Waals surface area contributed by atoms with Gasteiger partial charge in [0.15, 0.2) is 0 Å². The van der Waals surface area contributed by atoms with Crippen molar-refractivity contribution in [2.24, 2.45) is 4.99 Å². The third-order valence-corrected chi connectivity index (χ3v) is 4.54. The van der Waals surface area contributed by atoms with Crippen molar-refractivity contribution in [3.8, 4) is 0 Å². The number of nitrogens with zero attached hydrogens (tertiary/aromatic N) is 3. The molecular formula is C18H20N4. The lowest BCUT2D eigenvalue weighted by Crippen LogP contribution is -2.55. The van der Waals surface area contributed by atoms with Crippen LogP contribution in [-0.4, -0.2) is 27.8 Å². The molecule has 112 valence electrons. The molecule has 0 spiro atoms. The highest BCUT2D eigenvalue weighted by Gasteiger charge is 2.46. The molecule has 3 heterocycles. The number of anilines is 1. The van der Waals surface area contributed by atoms with E-state index in [0.29, 0.717) is 0 Å². The van der Waals surface area contributed by atoms with E-state index in [9.17, 15) is 0 Å². The van der Waals surface area contributed by atoms with Gasteiger partial charge in [0, 0.05) is 35.8 Å². The highest BCUT2D eigenvalue weighted by molar-refractivity contribution is 6.07. The molecule has 1 unspecified atom stereocenters. The zero-order chi connectivity index (χ0) is 15.4. The molecule has 4 heteroatoms. The first-order chi connectivity index (χ1) is 10.5. The Bertz CT molecular complexity index is 751. The highest BCUT2D eigenvalue weighted by Crippen LogP contribution is 2.42. The van der Waals surface area contributed by atoms with E-state index in [0.717, 1.165) is 18.1 Å². The van der Waals surface area contributed by atoms with Crippen LogP contribution in [0.4, 0.5) is 5.69 Å². The number of fused-ring (bicyclic) bond motifs is 3. The van der Waals surface area contributed by atoms with Gasteiger partial charge in [-0.05, 0) is 45.0 Å². The van der Waals surface area contributed by atoms with Gasteiger partial charge >= 0.3 is 0 Å². The third-order valence-electron chi connectivity index (χ3n) is 4.54. The predicted octanol–water partition coefficient (Wildman–Crippen LogP) is 3.22. The summed E-state index contributed by atoms with van der Waals surface area (Å²) in [6, 6.07) is 12.5. The van der Waals surface area contributed by atoms with Crippen LogP contribution in [0, 0.1) is 0 Å². The van der Waals surface area contributed by atoms with Crippen LogP contribution >= 0.6 is 0 Å². The molecule has 1 aromatic heterocycles. The number of para-hydroxylation sites is 1. The average molecular weight is 292 g/mol. The Kier molecular flexibility index (Phi) is 2.61. The van der Waals surface area contributed by atoms with Crippen LogP contribution in [0.25, 0.3) is 0 Å². The summed E-state index contributed by atoms with van der Waals surface area (Å²) in [6.07, 6.45) is 3.70. The maximum Gasteiger partial charge on any atom is 0.135 e. The van der Waals surface area contributed by atoms with E-state index >= 15 is 0 Å². The van der Waals surface area contributed by atoms with Gasteiger partial charge in [-0.2, -0.15) is 0 Å². The monoisotopic (exact) mass is 292 g/mol. The Labute approximate surface area is 130 Å². The normalized spacial score (nSPS) is 25.0. The summed E-state index contributed by atoms with van der Waals surface area (Å²) in [5, 5.41) is 3.72. The van der Waals surface area contributed by atoms with Gasteiger partial charge in [-0.3, -0.25) is 9.98 Å². The first kappa shape index (κ1) is 13.3. The molecule has 1 aromatic carbocycles. The first-order valence-electron chi connectivity index (χ1n) is 7.65. The fourth-order valence-electron chi connectivity index (χ4n) is 3.44. The number of amidine groups is 1. The Morgan fingerprint density at radius 1 is 1.05 bits per heavy atom. The molecule has 22 heavy (non-hydrogen) atoms. The van der Waals surface area contributed by atoms with Crippen LogP contribution in [0.5, 0.6) is 0 Å². The lowest BCUT2D eigenvalue weighted by atomic mass is 9.94. The maximum absolute atomic E-state index is 4.99. The Balaban J connectivity index is 1.92. The van der Waals surface area contributed by atoms with Gasteiger partial charge in [0.2, 0.25) is 0 Å². The minimum atomic E-state index is -0.316. The Hall–Kier alpha value is -2.36. The minimum Gasteiger partial charge on any atom is -0.359 e. The van der Waals surface area contributed by atoms with Gasteiger partial charge in [0.25, 0.3) is 0 Å². The third kappa shape index (κ3) is 1.83. The van der Waals surface area contributed by atoms with E-state index in [1.165, 1.54) is 11.1 Å². The second-order valence-corrected chi connectivity index (χ2v) is 6.81. The van der Waals surface area contributed by atoms with Crippen LogP contribution < -0.4 is 5.32 Å². The number of aromatic nitrogens is 1. The van der Waals surface area contributed by atoms with Crippen molar-refractivity contribution in [2.75, 3.05) is 11.9 Å². The molecule has 4 rings (SSSR count). The van der Waals surface area contributed by atoms with Crippen molar-refractivity contribution in [1.82, 2.24) is 9.88 Å². The molecular weight excluding hydrogens is 272 g/mol. The first-order valence-corrected chi connectivity index (χ1v) is 7.65. The van der Waals surface area contributed by atoms with E-state index in [2.05, 4.69) is 72.4 Å². The standard InChI is InChI=1S/C18H20N4/c1-17(2)12-22-16(21-17)14-6-4-5-7-15(14)20-18(22,3)13-8-10-19-11-9-13/h4-11,20H,12H2,1-3H3. The van der Waals surface area contributed by atoms with E-state index in [4.69, 9.17) is 4.99 Å². The van der Waals surface area contributed by atoms with Gasteiger partial charge in [0.05, 0.1) is 5.54 Å². The largest absolute Gasteiger partial charge is 0.359 e. The molecule has 0 radical (unpaired) electrons. The van der Waals surface area contributed by atoms with Crippen LogP contribution in [0.1, 0.15) is 31.9 Å². The number of benzene rings is 1. The molecule has 2 aliphatic heterocycles. The van der Waals surface area contributed by atoms with Gasteiger partial charge in [-0.15, -0.1) is 0 Å². The zero-order valence-corrected chi connectivity index (χ0v) is 13.2. The zero-order valence-electron chi connectivity index (χ0n) is 13.2. The molecule has 1 atom stereocenters. The van der Waals surface area contributed by atoms with Gasteiger partial charge < -0.3 is 10.2 Å². The molecule has 0 bridgehead atoms. The summed E-state index contributed by atoms with van der Waals surface area (Å²) in [4.78, 5) is 11.5. The van der Waals surface area contributed by atoms with Gasteiger partial charge in [-0.25, -0.2) is 0 Å². The van der Waals surface area contributed by atoms with Crippen molar-refractivity contribution in [3.05, 3.63) is 59.9 Å². The molecule has 0 saturated carbocycles. The molecule has 2 aromatic rings. The fourth-order valence-corrected chi connectivity index (χ4v) is 3.44. The topological polar surface area (TPSA) is 40.5 Å². The van der Waals surface area contributed by atoms with Crippen LogP contribution in [-0.2, 0) is 5.66 Å². The number of pyridine rings is 1. The van der Waals surface area contributed by atoms with Crippen LogP contribution in [0.2, 0.25) is 0 Å². The number of aliphatic imine (C=N–C) groups is 1. The van der Waals surface area contributed by atoms with Crippen molar-refractivity contribution < 1.29 is 0 Å². The van der Waals surface area contributed by atoms with E-state index < -0.39 is 0 Å². The van der Waals surface area contributed by atoms with Gasteiger partial charge in [0.1, 0.15) is 11.5 Å². The lowest BCUT2D eigenvalue weighted by Gasteiger charge is -2.47. The van der Waals surface area contributed by atoms with E-state index in [-0.39, 0.29) is 11.2 Å². The van der Waals surface area contributed by atoms with Crippen molar-refractivity contribution in [1.29, 1.82) is 0 Å². The summed E-state index contributed by atoms with van der Waals surface area (Å²) >= 11 is 0. The minimum absolute atomic E-state index is 0.0806. The number of rotatable bonds is 1. The molecule has 4 nitrogen and oxygen atoms in total. The summed E-state index contributed by atoms with van der Waals surface area (Å²) in [5.41, 5.74) is 3.11. The van der Waals surface area contributed by atoms with Crippen LogP contribution in [0.3, 0.4) is 0 Å². The SMILES string of the molecule is CC1(C)CN2C(=N1)c1ccccc1NC2(C)c1ccncc1. The van der Waals surface area contributed by atoms with E-state index in [1.54, 1.807) is 0 Å². The number of hydrogen-bond acceptors (Lipinski definition) is 4. The fraction of sp³-hybridized carbons (Fsp3) is 0.333. The summed E-state index contributed by atoms with van der Waals surface area (Å²) in [6.45, 7) is 7.49. The van der Waals surface area contributed by atoms with Crippen LogP contribution in [0.15, 0.2) is 53.8 Å². The molecule has 0 amide bonds. The Morgan fingerprint density at radius 3 is 2.55 bits per heavy atom. The lowest BCUT2D eigenvalue weighted by molar-refractivity contribution is 0.214. The predicted molar refractivity (Wildman–Crippen MR) is 89.0 cm³/mol. The van der Waals surface area contributed by atoms with Crippen molar-refractivity contribution in [3.63, 3.8) is 0 Å². The molecule has 1 N–H and O–H groups in total. The van der Waals surface area contributed by atoms with Crippen molar-refractivity contribution in [2.45, 2.75) is 32.0 Å². The number of hydrogen-bond donors (Lipinski definition) is 1. The highest BCUT2D eigenvalue weighted by atomic mass is 15.4.